The van der Waals surface area contributed by atoms with Crippen molar-refractivity contribution >= 4 is 39.2 Å². The molecule has 2 aromatic rings. The number of aromatic nitrogens is 1. The number of pyridine rings is 1. The largest absolute Gasteiger partial charge is 0.323 e. The van der Waals surface area contributed by atoms with E-state index >= 15 is 0 Å². The van der Waals surface area contributed by atoms with Gasteiger partial charge in [-0.05, 0) is 30.3 Å². The summed E-state index contributed by atoms with van der Waals surface area (Å²) in [6, 6.07) is 3.99. The molecule has 0 fully saturated rings. The first-order valence-corrected chi connectivity index (χ1v) is 8.20. The molecule has 2 amide bonds. The van der Waals surface area contributed by atoms with Gasteiger partial charge < -0.3 is 10.6 Å². The summed E-state index contributed by atoms with van der Waals surface area (Å²) in [5.74, 6) is 0. The Morgan fingerprint density at radius 1 is 1.00 bits per heavy atom. The molecule has 0 aliphatic carbocycles. The van der Waals surface area contributed by atoms with Gasteiger partial charge in [-0.2, -0.15) is 0 Å². The van der Waals surface area contributed by atoms with Crippen LogP contribution in [0.1, 0.15) is 0 Å². The number of amides is 2. The first-order chi connectivity index (χ1) is 10.3. The monoisotopic (exact) mass is 373 g/mol. The van der Waals surface area contributed by atoms with Crippen molar-refractivity contribution in [3.05, 3.63) is 47.7 Å². The Balaban J connectivity index is 2.17. The zero-order valence-electron chi connectivity index (χ0n) is 11.1. The Kier molecular flexibility index (Phi) is 3.73. The SMILES string of the molecule is O=C(Nc1cccc(S(F)(F)(F)(F)F)c1)Nc1ccnc(Cl)c1. The van der Waals surface area contributed by atoms with Crippen molar-refractivity contribution in [2.45, 2.75) is 4.90 Å². The highest BCUT2D eigenvalue weighted by atomic mass is 35.5. The molecule has 1 aromatic heterocycles. The summed E-state index contributed by atoms with van der Waals surface area (Å²) in [6.45, 7) is 0. The minimum atomic E-state index is -9.80. The van der Waals surface area contributed by atoms with Crippen LogP contribution >= 0.6 is 21.8 Å². The van der Waals surface area contributed by atoms with Crippen LogP contribution in [0.3, 0.4) is 0 Å². The maximum absolute atomic E-state index is 12.7. The Morgan fingerprint density at radius 2 is 1.61 bits per heavy atom. The van der Waals surface area contributed by atoms with Crippen LogP contribution in [0.4, 0.5) is 35.6 Å². The van der Waals surface area contributed by atoms with Crippen LogP contribution in [-0.2, 0) is 0 Å². The number of urea groups is 1. The molecule has 0 atom stereocenters. The summed E-state index contributed by atoms with van der Waals surface area (Å²) in [4.78, 5) is 13.3. The zero-order valence-corrected chi connectivity index (χ0v) is 12.6. The van der Waals surface area contributed by atoms with Gasteiger partial charge >= 0.3 is 16.3 Å². The van der Waals surface area contributed by atoms with Crippen LogP contribution in [-0.4, -0.2) is 11.0 Å². The number of rotatable bonds is 3. The molecule has 1 heterocycles. The van der Waals surface area contributed by atoms with Gasteiger partial charge in [0.2, 0.25) is 0 Å². The fourth-order valence-corrected chi connectivity index (χ4v) is 2.45. The molecule has 0 saturated carbocycles. The van der Waals surface area contributed by atoms with Gasteiger partial charge in [0.1, 0.15) is 10.0 Å². The fraction of sp³-hybridized carbons (Fsp3) is 0. The minimum absolute atomic E-state index is 0.0886. The molecule has 0 radical (unpaired) electrons. The summed E-state index contributed by atoms with van der Waals surface area (Å²) in [5.41, 5.74) is -0.209. The Labute approximate surface area is 132 Å². The van der Waals surface area contributed by atoms with Crippen molar-refractivity contribution in [2.24, 2.45) is 0 Å². The summed E-state index contributed by atoms with van der Waals surface area (Å²) >= 11 is 5.60. The van der Waals surface area contributed by atoms with Crippen molar-refractivity contribution in [3.8, 4) is 0 Å². The van der Waals surface area contributed by atoms with E-state index in [1.54, 1.807) is 0 Å². The molecule has 0 aliphatic heterocycles. The lowest BCUT2D eigenvalue weighted by Gasteiger charge is -2.40. The second kappa shape index (κ2) is 4.96. The number of hydrogen-bond acceptors (Lipinski definition) is 2. The number of hydrogen-bond donors (Lipinski definition) is 2. The van der Waals surface area contributed by atoms with Crippen LogP contribution in [0.5, 0.6) is 0 Å². The number of carbonyl (C=O) groups excluding carboxylic acids is 1. The Morgan fingerprint density at radius 3 is 2.17 bits per heavy atom. The number of anilines is 2. The average Bonchev–Trinajstić information content (AvgIpc) is 2.36. The number of nitrogens with zero attached hydrogens (tertiary/aromatic N) is 1. The third kappa shape index (κ3) is 4.96. The third-order valence-corrected chi connectivity index (χ3v) is 3.87. The molecule has 0 unspecified atom stereocenters. The lowest BCUT2D eigenvalue weighted by atomic mass is 10.3. The van der Waals surface area contributed by atoms with Crippen LogP contribution in [0, 0.1) is 0 Å². The van der Waals surface area contributed by atoms with Crippen molar-refractivity contribution in [1.29, 1.82) is 0 Å². The molecule has 126 valence electrons. The highest BCUT2D eigenvalue weighted by Gasteiger charge is 2.65. The topological polar surface area (TPSA) is 54.0 Å². The third-order valence-electron chi connectivity index (χ3n) is 2.52. The van der Waals surface area contributed by atoms with E-state index in [4.69, 9.17) is 11.6 Å². The molecule has 23 heavy (non-hydrogen) atoms. The first kappa shape index (κ1) is 17.3. The van der Waals surface area contributed by atoms with Gasteiger partial charge in [-0.15, -0.1) is 0 Å². The highest BCUT2D eigenvalue weighted by molar-refractivity contribution is 8.45. The zero-order chi connectivity index (χ0) is 17.4. The molecule has 0 spiro atoms. The predicted molar refractivity (Wildman–Crippen MR) is 79.7 cm³/mol. The molecular formula is C12H9ClF5N3OS. The van der Waals surface area contributed by atoms with E-state index in [0.29, 0.717) is 0 Å². The maximum atomic E-state index is 12.7. The standard InChI is InChI=1S/C12H9ClF5N3OS/c13-11-7-9(4-5-19-11)21-12(22)20-8-2-1-3-10(6-8)23(14,15,16,17)18/h1-7H,(H2,19,20,21,22). The summed E-state index contributed by atoms with van der Waals surface area (Å²) in [6.07, 6.45) is 1.30. The van der Waals surface area contributed by atoms with Crippen molar-refractivity contribution < 1.29 is 24.2 Å². The molecule has 2 rings (SSSR count). The van der Waals surface area contributed by atoms with Gasteiger partial charge in [-0.1, -0.05) is 37.1 Å². The first-order valence-electron chi connectivity index (χ1n) is 5.87. The number of carbonyl (C=O) groups is 1. The highest BCUT2D eigenvalue weighted by Crippen LogP contribution is 3.02. The van der Waals surface area contributed by atoms with Gasteiger partial charge in [-0.25, -0.2) is 9.78 Å². The van der Waals surface area contributed by atoms with E-state index < -0.39 is 26.8 Å². The maximum Gasteiger partial charge on any atom is 0.323 e. The Hall–Kier alpha value is -2.07. The number of halogens is 6. The molecular weight excluding hydrogens is 365 g/mol. The van der Waals surface area contributed by atoms with Crippen molar-refractivity contribution in [2.75, 3.05) is 10.6 Å². The van der Waals surface area contributed by atoms with E-state index in [9.17, 15) is 24.2 Å². The molecule has 0 aliphatic rings. The molecule has 0 bridgehead atoms. The minimum Gasteiger partial charge on any atom is -0.308 e. The van der Waals surface area contributed by atoms with Crippen molar-refractivity contribution in [1.82, 2.24) is 4.98 Å². The lowest BCUT2D eigenvalue weighted by molar-refractivity contribution is 0.262. The summed E-state index contributed by atoms with van der Waals surface area (Å²) in [5, 5.41) is 4.39. The second-order valence-corrected chi connectivity index (χ2v) is 7.24. The van der Waals surface area contributed by atoms with Crippen LogP contribution < -0.4 is 10.6 Å². The number of nitrogens with one attached hydrogen (secondary N) is 2. The second-order valence-electron chi connectivity index (χ2n) is 4.44. The fourth-order valence-electron chi connectivity index (χ4n) is 1.59. The van der Waals surface area contributed by atoms with Gasteiger partial charge in [0.25, 0.3) is 0 Å². The lowest BCUT2D eigenvalue weighted by Crippen LogP contribution is -2.19. The normalized spacial score (nSPS) is 14.5. The summed E-state index contributed by atoms with van der Waals surface area (Å²) < 4.78 is 63.5. The van der Waals surface area contributed by atoms with Gasteiger partial charge in [0.05, 0.1) is 0 Å². The van der Waals surface area contributed by atoms with Gasteiger partial charge in [0.15, 0.2) is 0 Å². The van der Waals surface area contributed by atoms with E-state index in [1.807, 2.05) is 5.32 Å². The molecule has 1 aromatic carbocycles. The molecule has 4 nitrogen and oxygen atoms in total. The predicted octanol–water partition coefficient (Wildman–Crippen LogP) is 6.04. The van der Waals surface area contributed by atoms with E-state index in [1.165, 1.54) is 18.3 Å². The average molecular weight is 374 g/mol. The molecule has 0 saturated heterocycles. The molecule has 2 N–H and O–H groups in total. The van der Waals surface area contributed by atoms with Gasteiger partial charge in [0, 0.05) is 17.6 Å². The van der Waals surface area contributed by atoms with Crippen LogP contribution in [0.2, 0.25) is 5.15 Å². The number of benzene rings is 1. The van der Waals surface area contributed by atoms with Crippen LogP contribution in [0.15, 0.2) is 47.5 Å². The Bertz CT molecular complexity index is 769. The summed E-state index contributed by atoms with van der Waals surface area (Å²) in [7, 11) is -9.80. The van der Waals surface area contributed by atoms with Crippen LogP contribution in [0.25, 0.3) is 0 Å². The smallest absolute Gasteiger partial charge is 0.308 e. The quantitative estimate of drug-likeness (QED) is 0.509. The van der Waals surface area contributed by atoms with E-state index in [0.717, 1.165) is 12.1 Å². The van der Waals surface area contributed by atoms with E-state index in [2.05, 4.69) is 10.3 Å². The molecule has 11 heteroatoms. The van der Waals surface area contributed by atoms with E-state index in [-0.39, 0.29) is 23.0 Å². The van der Waals surface area contributed by atoms with Gasteiger partial charge in [-0.3, -0.25) is 0 Å². The van der Waals surface area contributed by atoms with Crippen molar-refractivity contribution in [3.63, 3.8) is 0 Å².